The van der Waals surface area contributed by atoms with Gasteiger partial charge in [0.15, 0.2) is 17.6 Å². The van der Waals surface area contributed by atoms with Crippen molar-refractivity contribution in [1.29, 1.82) is 0 Å². The average Bonchev–Trinajstić information content (AvgIpc) is 3.71. The number of aromatic amines is 1. The molecule has 2 aromatic carbocycles. The van der Waals surface area contributed by atoms with Crippen molar-refractivity contribution in [2.75, 3.05) is 13.2 Å². The molecule has 2 aliphatic rings. The fourth-order valence-corrected chi connectivity index (χ4v) is 5.25. The molecular weight excluding hydrogens is 508 g/mol. The number of oxazole rings is 1. The number of ether oxygens (including phenoxy) is 3. The first-order chi connectivity index (χ1) is 18.5. The van der Waals surface area contributed by atoms with Gasteiger partial charge in [0.1, 0.15) is 30.3 Å². The Balaban J connectivity index is 1.11. The van der Waals surface area contributed by atoms with Crippen molar-refractivity contribution in [3.63, 3.8) is 0 Å². The van der Waals surface area contributed by atoms with Crippen LogP contribution in [0, 0.1) is 6.92 Å². The van der Waals surface area contributed by atoms with Gasteiger partial charge in [0, 0.05) is 18.1 Å². The van der Waals surface area contributed by atoms with Gasteiger partial charge in [-0.1, -0.05) is 60.1 Å². The quantitative estimate of drug-likeness (QED) is 0.332. The van der Waals surface area contributed by atoms with Gasteiger partial charge in [0.25, 0.3) is 6.01 Å². The molecular formula is C28H23ClN4O5. The Morgan fingerprint density at radius 2 is 1.58 bits per heavy atom. The summed E-state index contributed by atoms with van der Waals surface area (Å²) in [6, 6.07) is 18.3. The standard InChI is InChI=1S/C28H23ClN4O5/c1-14-30-21(11-35-14)17-6-2-15(3-7-17)16-4-8-18(9-5-16)24-19(29)10-20-27(32-24)33-28(31-20)38-23-13-37-25-22(34)12-36-26(23)25/h2-11,22-23,25-26,34H,12-13H2,1H3,(H,31,32,33)/t22-,23-,25-,26-/m1/s1. The molecule has 0 unspecified atom stereocenters. The van der Waals surface area contributed by atoms with Gasteiger partial charge < -0.3 is 28.7 Å². The van der Waals surface area contributed by atoms with E-state index in [1.54, 1.807) is 12.3 Å². The van der Waals surface area contributed by atoms with Crippen molar-refractivity contribution in [3.8, 4) is 39.7 Å². The van der Waals surface area contributed by atoms with E-state index in [4.69, 9.17) is 35.2 Å². The normalized spacial score (nSPS) is 22.7. The fourth-order valence-electron chi connectivity index (χ4n) is 4.99. The number of pyridine rings is 1. The first-order valence-corrected chi connectivity index (χ1v) is 12.7. The molecule has 192 valence electrons. The van der Waals surface area contributed by atoms with Crippen LogP contribution in [0.1, 0.15) is 5.89 Å². The molecule has 5 heterocycles. The monoisotopic (exact) mass is 530 g/mol. The van der Waals surface area contributed by atoms with Gasteiger partial charge in [-0.25, -0.2) is 9.97 Å². The van der Waals surface area contributed by atoms with Crippen LogP contribution in [-0.4, -0.2) is 62.7 Å². The summed E-state index contributed by atoms with van der Waals surface area (Å²) in [6.07, 6.45) is -0.0423. The Morgan fingerprint density at radius 3 is 2.29 bits per heavy atom. The van der Waals surface area contributed by atoms with Gasteiger partial charge >= 0.3 is 0 Å². The molecule has 2 N–H and O–H groups in total. The van der Waals surface area contributed by atoms with Crippen molar-refractivity contribution in [2.24, 2.45) is 0 Å². The van der Waals surface area contributed by atoms with Crippen LogP contribution in [0.2, 0.25) is 5.02 Å². The van der Waals surface area contributed by atoms with Crippen LogP contribution >= 0.6 is 11.6 Å². The zero-order chi connectivity index (χ0) is 25.8. The van der Waals surface area contributed by atoms with E-state index in [0.717, 1.165) is 27.9 Å². The second-order valence-corrected chi connectivity index (χ2v) is 9.87. The fraction of sp³-hybridized carbons (Fsp3) is 0.250. The second-order valence-electron chi connectivity index (χ2n) is 9.46. The van der Waals surface area contributed by atoms with Crippen molar-refractivity contribution < 1.29 is 23.7 Å². The van der Waals surface area contributed by atoms with E-state index in [1.807, 2.05) is 43.3 Å². The van der Waals surface area contributed by atoms with E-state index in [9.17, 15) is 5.11 Å². The van der Waals surface area contributed by atoms with Crippen molar-refractivity contribution >= 4 is 22.8 Å². The highest BCUT2D eigenvalue weighted by atomic mass is 35.5. The molecule has 0 radical (unpaired) electrons. The predicted octanol–water partition coefficient (Wildman–Crippen LogP) is 4.81. The highest BCUT2D eigenvalue weighted by Gasteiger charge is 2.48. The molecule has 0 bridgehead atoms. The summed E-state index contributed by atoms with van der Waals surface area (Å²) in [5.41, 5.74) is 6.64. The number of nitrogens with one attached hydrogen (secondary N) is 1. The number of fused-ring (bicyclic) bond motifs is 2. The zero-order valence-corrected chi connectivity index (χ0v) is 21.1. The number of halogens is 1. The molecule has 0 amide bonds. The molecule has 0 spiro atoms. The van der Waals surface area contributed by atoms with Gasteiger partial charge in [0.05, 0.1) is 29.4 Å². The Hall–Kier alpha value is -3.76. The van der Waals surface area contributed by atoms with Crippen molar-refractivity contribution in [3.05, 3.63) is 71.8 Å². The SMILES string of the molecule is Cc1nc(-c2ccc(-c3ccc(-c4nc5nc(O[C@@H]6CO[C@H]7[C@@H]6OC[C@H]7O)[nH]c5cc4Cl)cc3)cc2)co1. The average molecular weight is 531 g/mol. The van der Waals surface area contributed by atoms with Crippen molar-refractivity contribution in [1.82, 2.24) is 19.9 Å². The molecule has 7 rings (SSSR count). The third-order valence-electron chi connectivity index (χ3n) is 6.94. The van der Waals surface area contributed by atoms with Crippen LogP contribution in [-0.2, 0) is 9.47 Å². The largest absolute Gasteiger partial charge is 0.456 e. The molecule has 9 nitrogen and oxygen atoms in total. The Labute approximate surface area is 222 Å². The molecule has 0 aliphatic carbocycles. The molecule has 3 aromatic heterocycles. The summed E-state index contributed by atoms with van der Waals surface area (Å²) in [5, 5.41) is 10.4. The van der Waals surface area contributed by atoms with Crippen LogP contribution in [0.15, 0.2) is 65.3 Å². The molecule has 2 aliphatic heterocycles. The smallest absolute Gasteiger partial charge is 0.296 e. The maximum absolute atomic E-state index is 9.94. The number of hydrogen-bond donors (Lipinski definition) is 2. The van der Waals surface area contributed by atoms with Crippen LogP contribution in [0.25, 0.3) is 44.8 Å². The molecule has 4 atom stereocenters. The van der Waals surface area contributed by atoms with E-state index < -0.39 is 6.10 Å². The van der Waals surface area contributed by atoms with Gasteiger partial charge in [-0.2, -0.15) is 4.98 Å². The predicted molar refractivity (Wildman–Crippen MR) is 140 cm³/mol. The maximum Gasteiger partial charge on any atom is 0.296 e. The molecule has 38 heavy (non-hydrogen) atoms. The van der Waals surface area contributed by atoms with E-state index in [0.29, 0.717) is 40.4 Å². The number of aryl methyl sites for hydroxylation is 1. The van der Waals surface area contributed by atoms with Gasteiger partial charge in [-0.15, -0.1) is 0 Å². The Bertz CT molecular complexity index is 1620. The first kappa shape index (κ1) is 23.4. The molecule has 2 saturated heterocycles. The summed E-state index contributed by atoms with van der Waals surface area (Å²) in [4.78, 5) is 16.7. The van der Waals surface area contributed by atoms with Crippen LogP contribution in [0.3, 0.4) is 0 Å². The highest BCUT2D eigenvalue weighted by molar-refractivity contribution is 6.33. The summed E-state index contributed by atoms with van der Waals surface area (Å²) in [7, 11) is 0. The number of H-pyrrole nitrogens is 1. The second kappa shape index (κ2) is 9.21. The van der Waals surface area contributed by atoms with E-state index in [1.165, 1.54) is 0 Å². The number of nitrogens with zero attached hydrogens (tertiary/aromatic N) is 3. The number of benzene rings is 2. The van der Waals surface area contributed by atoms with E-state index >= 15 is 0 Å². The number of aliphatic hydroxyl groups excluding tert-OH is 1. The molecule has 2 fully saturated rings. The lowest BCUT2D eigenvalue weighted by Gasteiger charge is -2.15. The van der Waals surface area contributed by atoms with E-state index in [-0.39, 0.29) is 24.9 Å². The number of hydrogen-bond acceptors (Lipinski definition) is 8. The third kappa shape index (κ3) is 4.13. The highest BCUT2D eigenvalue weighted by Crippen LogP contribution is 2.33. The Morgan fingerprint density at radius 1 is 0.895 bits per heavy atom. The Kier molecular flexibility index (Phi) is 5.66. The van der Waals surface area contributed by atoms with E-state index in [2.05, 4.69) is 27.1 Å². The van der Waals surface area contributed by atoms with Crippen LogP contribution in [0.5, 0.6) is 6.01 Å². The molecule has 5 aromatic rings. The molecule has 0 saturated carbocycles. The lowest BCUT2D eigenvalue weighted by atomic mass is 10.0. The summed E-state index contributed by atoms with van der Waals surface area (Å²) in [5.74, 6) is 0.643. The number of imidazole rings is 1. The minimum Gasteiger partial charge on any atom is -0.456 e. The van der Waals surface area contributed by atoms with Gasteiger partial charge in [-0.05, 0) is 17.2 Å². The summed E-state index contributed by atoms with van der Waals surface area (Å²) < 4.78 is 22.6. The maximum atomic E-state index is 9.94. The number of rotatable bonds is 5. The van der Waals surface area contributed by atoms with Gasteiger partial charge in [-0.3, -0.25) is 0 Å². The van der Waals surface area contributed by atoms with Crippen LogP contribution < -0.4 is 4.74 Å². The third-order valence-corrected chi connectivity index (χ3v) is 7.23. The summed E-state index contributed by atoms with van der Waals surface area (Å²) in [6.45, 7) is 2.38. The first-order valence-electron chi connectivity index (χ1n) is 12.3. The van der Waals surface area contributed by atoms with Crippen molar-refractivity contribution in [2.45, 2.75) is 31.3 Å². The lowest BCUT2D eigenvalue weighted by molar-refractivity contribution is 0.00706. The number of aromatic nitrogens is 4. The molecule has 10 heteroatoms. The van der Waals surface area contributed by atoms with Crippen LogP contribution in [0.4, 0.5) is 0 Å². The zero-order valence-electron chi connectivity index (χ0n) is 20.3. The van der Waals surface area contributed by atoms with Gasteiger partial charge in [0.2, 0.25) is 0 Å². The summed E-state index contributed by atoms with van der Waals surface area (Å²) >= 11 is 6.61. The lowest BCUT2D eigenvalue weighted by Crippen LogP contribution is -2.34. The minimum absolute atomic E-state index is 0.239. The topological polar surface area (TPSA) is 116 Å². The minimum atomic E-state index is -0.637. The number of aliphatic hydroxyl groups is 1.